The summed E-state index contributed by atoms with van der Waals surface area (Å²) in [4.78, 5) is 27.8. The summed E-state index contributed by atoms with van der Waals surface area (Å²) in [7, 11) is 0. The fourth-order valence-electron chi connectivity index (χ4n) is 2.59. The Balaban J connectivity index is 2.06. The van der Waals surface area contributed by atoms with Crippen molar-refractivity contribution in [3.05, 3.63) is 58.9 Å². The molecule has 1 amide bonds. The fraction of sp³-hybridized carbons (Fsp3) is 0.350. The van der Waals surface area contributed by atoms with E-state index in [1.54, 1.807) is 37.3 Å². The molecule has 7 heteroatoms. The van der Waals surface area contributed by atoms with Gasteiger partial charge in [-0.2, -0.15) is 0 Å². The predicted octanol–water partition coefficient (Wildman–Crippen LogP) is 3.66. The number of halogens is 2. The van der Waals surface area contributed by atoms with Gasteiger partial charge in [0.1, 0.15) is 18.1 Å². The molecule has 0 aliphatic rings. The first-order valence-corrected chi connectivity index (χ1v) is 8.53. The lowest BCUT2D eigenvalue weighted by Gasteiger charge is -2.17. The molecule has 1 heterocycles. The van der Waals surface area contributed by atoms with E-state index >= 15 is 0 Å². The van der Waals surface area contributed by atoms with Crippen LogP contribution in [0.25, 0.3) is 0 Å². The van der Waals surface area contributed by atoms with Gasteiger partial charge in [-0.1, -0.05) is 12.1 Å². The third kappa shape index (κ3) is 6.13. The molecule has 0 saturated heterocycles. The van der Waals surface area contributed by atoms with Crippen LogP contribution in [0.2, 0.25) is 0 Å². The number of hydrogen-bond donors (Lipinski definition) is 1. The second kappa shape index (κ2) is 9.21. The molecule has 1 N–H and O–H groups in total. The fourth-order valence-corrected chi connectivity index (χ4v) is 2.59. The highest BCUT2D eigenvalue weighted by atomic mass is 19.3. The molecule has 2 rings (SSSR count). The number of ether oxygens (including phenoxy) is 1. The van der Waals surface area contributed by atoms with E-state index < -0.39 is 13.0 Å². The lowest BCUT2D eigenvalue weighted by Crippen LogP contribution is -2.27. The number of Topliss-reactive ketones (excluding diaryl/α,β-unsaturated/α-hetero) is 1. The van der Waals surface area contributed by atoms with Gasteiger partial charge in [0.15, 0.2) is 0 Å². The monoisotopic (exact) mass is 376 g/mol. The van der Waals surface area contributed by atoms with Crippen LogP contribution in [-0.2, 0) is 11.2 Å². The molecule has 0 saturated carbocycles. The van der Waals surface area contributed by atoms with Crippen LogP contribution in [0.15, 0.2) is 36.5 Å². The summed E-state index contributed by atoms with van der Waals surface area (Å²) in [6.45, 7) is 4.39. The van der Waals surface area contributed by atoms with Crippen LogP contribution in [0.3, 0.4) is 0 Å². The number of pyridine rings is 1. The van der Waals surface area contributed by atoms with Crippen molar-refractivity contribution < 1.29 is 23.1 Å². The minimum atomic E-state index is -2.53. The molecule has 1 atom stereocenters. The van der Waals surface area contributed by atoms with Gasteiger partial charge in [-0.05, 0) is 50.1 Å². The number of amides is 1. The lowest BCUT2D eigenvalue weighted by atomic mass is 10.0. The normalized spacial score (nSPS) is 11.9. The highest BCUT2D eigenvalue weighted by Gasteiger charge is 2.14. The average molecular weight is 376 g/mol. The summed E-state index contributed by atoms with van der Waals surface area (Å²) in [5.74, 6) is 0.0732. The van der Waals surface area contributed by atoms with Gasteiger partial charge in [0, 0.05) is 23.9 Å². The Morgan fingerprint density at radius 2 is 1.96 bits per heavy atom. The number of ketones is 1. The number of nitrogens with zero attached hydrogens (tertiary/aromatic N) is 1. The van der Waals surface area contributed by atoms with Crippen LogP contribution in [0.4, 0.5) is 8.78 Å². The number of aromatic nitrogens is 1. The molecular weight excluding hydrogens is 354 g/mol. The van der Waals surface area contributed by atoms with Crippen molar-refractivity contribution in [2.24, 2.45) is 0 Å². The Morgan fingerprint density at radius 1 is 1.22 bits per heavy atom. The second-order valence-corrected chi connectivity index (χ2v) is 6.34. The van der Waals surface area contributed by atoms with E-state index in [9.17, 15) is 18.4 Å². The van der Waals surface area contributed by atoms with Crippen LogP contribution in [-0.4, -0.2) is 29.7 Å². The van der Waals surface area contributed by atoms with E-state index in [0.717, 1.165) is 5.56 Å². The molecule has 1 unspecified atom stereocenters. The zero-order chi connectivity index (χ0) is 20.0. The Labute approximate surface area is 156 Å². The number of rotatable bonds is 8. The third-order valence-electron chi connectivity index (χ3n) is 3.92. The number of alkyl halides is 2. The number of carbonyl (C=O) groups is 2. The Kier molecular flexibility index (Phi) is 6.98. The van der Waals surface area contributed by atoms with Crippen LogP contribution >= 0.6 is 0 Å². The Bertz CT molecular complexity index is 825. The molecule has 0 fully saturated rings. The molecule has 1 aromatic carbocycles. The van der Waals surface area contributed by atoms with Crippen molar-refractivity contribution in [1.29, 1.82) is 0 Å². The Hall–Kier alpha value is -2.83. The van der Waals surface area contributed by atoms with Gasteiger partial charge >= 0.3 is 0 Å². The third-order valence-corrected chi connectivity index (χ3v) is 3.92. The summed E-state index contributed by atoms with van der Waals surface area (Å²) < 4.78 is 29.6. The van der Waals surface area contributed by atoms with E-state index in [-0.39, 0.29) is 24.2 Å². The molecule has 2 aromatic rings. The van der Waals surface area contributed by atoms with Gasteiger partial charge < -0.3 is 10.1 Å². The maximum atomic E-state index is 12.5. The maximum Gasteiger partial charge on any atom is 0.272 e. The minimum Gasteiger partial charge on any atom is -0.487 e. The summed E-state index contributed by atoms with van der Waals surface area (Å²) in [5.41, 5.74) is 2.49. The quantitative estimate of drug-likeness (QED) is 0.764. The minimum absolute atomic E-state index is 0.0296. The van der Waals surface area contributed by atoms with E-state index in [2.05, 4.69) is 10.3 Å². The van der Waals surface area contributed by atoms with Crippen molar-refractivity contribution >= 4 is 11.7 Å². The molecule has 1 aromatic heterocycles. The van der Waals surface area contributed by atoms with Gasteiger partial charge in [0.05, 0.1) is 6.04 Å². The van der Waals surface area contributed by atoms with Gasteiger partial charge in [0.25, 0.3) is 12.3 Å². The standard InChI is InChI=1S/C20H22F2N2O3/c1-12-8-15(4-5-18(12)27-11-19(21)22)14(3)24-20(26)16-6-7-23-17(10-16)9-13(2)25/h4-8,10,14,19H,9,11H2,1-3H3,(H,24,26). The molecule has 0 spiro atoms. The van der Waals surface area contributed by atoms with Gasteiger partial charge in [0.2, 0.25) is 0 Å². The van der Waals surface area contributed by atoms with Crippen molar-refractivity contribution in [3.8, 4) is 5.75 Å². The first-order chi connectivity index (χ1) is 12.8. The zero-order valence-corrected chi connectivity index (χ0v) is 15.5. The molecule has 0 radical (unpaired) electrons. The Morgan fingerprint density at radius 3 is 2.59 bits per heavy atom. The first kappa shape index (κ1) is 20.5. The second-order valence-electron chi connectivity index (χ2n) is 6.34. The summed E-state index contributed by atoms with van der Waals surface area (Å²) in [6, 6.07) is 8.01. The number of aryl methyl sites for hydroxylation is 1. The highest BCUT2D eigenvalue weighted by molar-refractivity contribution is 5.94. The van der Waals surface area contributed by atoms with Gasteiger partial charge in [-0.3, -0.25) is 14.6 Å². The molecule has 5 nitrogen and oxygen atoms in total. The van der Waals surface area contributed by atoms with Crippen molar-refractivity contribution in [1.82, 2.24) is 10.3 Å². The maximum absolute atomic E-state index is 12.5. The molecule has 0 aliphatic heterocycles. The van der Waals surface area contributed by atoms with Crippen LogP contribution < -0.4 is 10.1 Å². The summed E-state index contributed by atoms with van der Waals surface area (Å²) >= 11 is 0. The largest absolute Gasteiger partial charge is 0.487 e. The average Bonchev–Trinajstić information content (AvgIpc) is 2.60. The molecule has 0 aliphatic carbocycles. The molecular formula is C20H22F2N2O3. The topological polar surface area (TPSA) is 68.3 Å². The molecule has 144 valence electrons. The van der Waals surface area contributed by atoms with Crippen LogP contribution in [0, 0.1) is 6.92 Å². The van der Waals surface area contributed by atoms with Gasteiger partial charge in [-0.15, -0.1) is 0 Å². The van der Waals surface area contributed by atoms with E-state index in [1.807, 2.05) is 6.92 Å². The van der Waals surface area contributed by atoms with E-state index in [4.69, 9.17) is 4.74 Å². The summed E-state index contributed by atoms with van der Waals surface area (Å²) in [5, 5.41) is 2.88. The van der Waals surface area contributed by atoms with Crippen molar-refractivity contribution in [2.75, 3.05) is 6.61 Å². The van der Waals surface area contributed by atoms with Gasteiger partial charge in [-0.25, -0.2) is 8.78 Å². The predicted molar refractivity (Wildman–Crippen MR) is 97.2 cm³/mol. The number of benzene rings is 1. The number of hydrogen-bond acceptors (Lipinski definition) is 4. The van der Waals surface area contributed by atoms with Crippen LogP contribution in [0.5, 0.6) is 5.75 Å². The smallest absolute Gasteiger partial charge is 0.272 e. The van der Waals surface area contributed by atoms with Crippen molar-refractivity contribution in [3.63, 3.8) is 0 Å². The zero-order valence-electron chi connectivity index (χ0n) is 15.5. The lowest BCUT2D eigenvalue weighted by molar-refractivity contribution is -0.116. The van der Waals surface area contributed by atoms with E-state index in [0.29, 0.717) is 22.6 Å². The molecule has 0 bridgehead atoms. The SMILES string of the molecule is CC(=O)Cc1cc(C(=O)NC(C)c2ccc(OCC(F)F)c(C)c2)ccn1. The highest BCUT2D eigenvalue weighted by Crippen LogP contribution is 2.23. The number of nitrogens with one attached hydrogen (secondary N) is 1. The van der Waals surface area contributed by atoms with E-state index in [1.165, 1.54) is 13.1 Å². The molecule has 27 heavy (non-hydrogen) atoms. The first-order valence-electron chi connectivity index (χ1n) is 8.53. The van der Waals surface area contributed by atoms with Crippen molar-refractivity contribution in [2.45, 2.75) is 39.7 Å². The number of carbonyl (C=O) groups excluding carboxylic acids is 2. The summed E-state index contributed by atoms with van der Waals surface area (Å²) in [6.07, 6.45) is -0.858. The van der Waals surface area contributed by atoms with Crippen LogP contribution in [0.1, 0.15) is 47.1 Å².